The largest absolute Gasteiger partial charge is 0.481 e. The molecule has 1 saturated carbocycles. The van der Waals surface area contributed by atoms with Crippen LogP contribution in [0, 0.1) is 5.82 Å². The summed E-state index contributed by atoms with van der Waals surface area (Å²) in [6.45, 7) is 0. The molecule has 2 N–H and O–H groups in total. The molecule has 2 aromatic heterocycles. The van der Waals surface area contributed by atoms with E-state index in [2.05, 4.69) is 25.6 Å². The summed E-state index contributed by atoms with van der Waals surface area (Å²) in [4.78, 5) is 12.7. The number of halogens is 1. The summed E-state index contributed by atoms with van der Waals surface area (Å²) in [5.41, 5.74) is 1.39. The van der Waals surface area contributed by atoms with Gasteiger partial charge < -0.3 is 15.4 Å². The summed E-state index contributed by atoms with van der Waals surface area (Å²) in [5.74, 6) is 0.605. The van der Waals surface area contributed by atoms with E-state index >= 15 is 0 Å². The number of hydrogen-bond donors (Lipinski definition) is 2. The maximum Gasteiger partial charge on any atom is 0.222 e. The monoisotopic (exact) mass is 357 g/mol. The van der Waals surface area contributed by atoms with Crippen LogP contribution in [0.25, 0.3) is 12.2 Å². The smallest absolute Gasteiger partial charge is 0.222 e. The van der Waals surface area contributed by atoms with Crippen molar-refractivity contribution >= 4 is 18.1 Å². The molecular weight excluding hydrogens is 333 g/mol. The van der Waals surface area contributed by atoms with E-state index in [1.807, 2.05) is 7.05 Å². The van der Waals surface area contributed by atoms with Gasteiger partial charge in [-0.3, -0.25) is 0 Å². The zero-order chi connectivity index (χ0) is 18.4. The van der Waals surface area contributed by atoms with Gasteiger partial charge in [0.15, 0.2) is 0 Å². The van der Waals surface area contributed by atoms with Crippen molar-refractivity contribution in [3.63, 3.8) is 0 Å². The molecule has 3 rings (SSSR count). The van der Waals surface area contributed by atoms with Gasteiger partial charge in [0.2, 0.25) is 11.8 Å². The predicted octanol–water partition coefficient (Wildman–Crippen LogP) is 3.13. The van der Waals surface area contributed by atoms with Crippen molar-refractivity contribution in [2.24, 2.45) is 0 Å². The fourth-order valence-electron chi connectivity index (χ4n) is 3.13. The average molecular weight is 357 g/mol. The molecule has 1 aliphatic rings. The summed E-state index contributed by atoms with van der Waals surface area (Å²) in [7, 11) is 3.52. The van der Waals surface area contributed by atoms with E-state index in [1.54, 1.807) is 24.5 Å². The molecule has 0 unspecified atom stereocenters. The first-order valence-corrected chi connectivity index (χ1v) is 8.81. The van der Waals surface area contributed by atoms with Gasteiger partial charge in [0, 0.05) is 35.6 Å². The second-order valence-electron chi connectivity index (χ2n) is 6.41. The fourth-order valence-corrected chi connectivity index (χ4v) is 3.13. The number of pyridine rings is 1. The van der Waals surface area contributed by atoms with E-state index < -0.39 is 5.82 Å². The van der Waals surface area contributed by atoms with Crippen LogP contribution in [0.4, 0.5) is 10.3 Å². The van der Waals surface area contributed by atoms with Crippen LogP contribution in [0.15, 0.2) is 24.7 Å². The standard InChI is InChI=1S/C19H24FN5O/c1-21-16-5-7-17(8-6-16)25-19-23-10-13(11-24-19)3-4-14-9-15(20)12-22-18(14)26-2/h3-4,9-12,16-17,21H,5-8H2,1-2H3,(H,23,24,25)/b4-3+. The molecule has 7 heteroatoms. The van der Waals surface area contributed by atoms with Crippen LogP contribution >= 0.6 is 0 Å². The molecular formula is C19H24FN5O. The molecule has 6 nitrogen and oxygen atoms in total. The highest BCUT2D eigenvalue weighted by atomic mass is 19.1. The van der Waals surface area contributed by atoms with Crippen LogP contribution in [0.3, 0.4) is 0 Å². The van der Waals surface area contributed by atoms with Gasteiger partial charge in [-0.25, -0.2) is 19.3 Å². The average Bonchev–Trinajstić information content (AvgIpc) is 2.68. The number of nitrogens with one attached hydrogen (secondary N) is 2. The molecule has 0 saturated heterocycles. The number of methoxy groups -OCH3 is 1. The van der Waals surface area contributed by atoms with Crippen LogP contribution < -0.4 is 15.4 Å². The second kappa shape index (κ2) is 8.71. The maximum absolute atomic E-state index is 13.3. The van der Waals surface area contributed by atoms with E-state index in [1.165, 1.54) is 26.0 Å². The molecule has 0 radical (unpaired) electrons. The number of nitrogens with zero attached hydrogens (tertiary/aromatic N) is 3. The lowest BCUT2D eigenvalue weighted by Gasteiger charge is -2.28. The van der Waals surface area contributed by atoms with Crippen LogP contribution in [0.5, 0.6) is 5.88 Å². The summed E-state index contributed by atoms with van der Waals surface area (Å²) in [6, 6.07) is 2.42. The molecule has 26 heavy (non-hydrogen) atoms. The van der Waals surface area contributed by atoms with Crippen molar-refractivity contribution in [3.05, 3.63) is 41.6 Å². The van der Waals surface area contributed by atoms with E-state index in [0.717, 1.165) is 24.6 Å². The Bertz CT molecular complexity index is 742. The van der Waals surface area contributed by atoms with Crippen LogP contribution in [0.1, 0.15) is 36.8 Å². The number of ether oxygens (including phenoxy) is 1. The topological polar surface area (TPSA) is 72.0 Å². The first-order chi connectivity index (χ1) is 12.7. The van der Waals surface area contributed by atoms with E-state index in [0.29, 0.717) is 29.5 Å². The Balaban J connectivity index is 1.60. The minimum Gasteiger partial charge on any atom is -0.481 e. The molecule has 2 heterocycles. The molecule has 1 aliphatic carbocycles. The van der Waals surface area contributed by atoms with Crippen LogP contribution in [0.2, 0.25) is 0 Å². The Morgan fingerprint density at radius 2 is 1.73 bits per heavy atom. The third-order valence-corrected chi connectivity index (χ3v) is 4.63. The summed E-state index contributed by atoms with van der Waals surface area (Å²) < 4.78 is 18.5. The Labute approximate surface area is 152 Å². The third kappa shape index (κ3) is 4.76. The zero-order valence-corrected chi connectivity index (χ0v) is 15.1. The van der Waals surface area contributed by atoms with Crippen molar-refractivity contribution in [3.8, 4) is 5.88 Å². The van der Waals surface area contributed by atoms with Gasteiger partial charge in [0.05, 0.1) is 13.3 Å². The second-order valence-corrected chi connectivity index (χ2v) is 6.41. The molecule has 0 amide bonds. The van der Waals surface area contributed by atoms with E-state index in [9.17, 15) is 4.39 Å². The Hall–Kier alpha value is -2.54. The lowest BCUT2D eigenvalue weighted by molar-refractivity contribution is 0.370. The van der Waals surface area contributed by atoms with Crippen molar-refractivity contribution in [2.45, 2.75) is 37.8 Å². The van der Waals surface area contributed by atoms with Crippen molar-refractivity contribution < 1.29 is 9.13 Å². The highest BCUT2D eigenvalue weighted by Gasteiger charge is 2.20. The predicted molar refractivity (Wildman–Crippen MR) is 100 cm³/mol. The number of anilines is 1. The van der Waals surface area contributed by atoms with Gasteiger partial charge in [0.1, 0.15) is 5.82 Å². The SMILES string of the molecule is CNC1CCC(Nc2ncc(/C=C/c3cc(F)cnc3OC)cn2)CC1. The molecule has 1 fully saturated rings. The number of hydrogen-bond acceptors (Lipinski definition) is 6. The summed E-state index contributed by atoms with van der Waals surface area (Å²) >= 11 is 0. The van der Waals surface area contributed by atoms with E-state index in [-0.39, 0.29) is 0 Å². The minimum atomic E-state index is -0.408. The van der Waals surface area contributed by atoms with Gasteiger partial charge in [0.25, 0.3) is 0 Å². The zero-order valence-electron chi connectivity index (χ0n) is 15.1. The summed E-state index contributed by atoms with van der Waals surface area (Å²) in [5, 5.41) is 6.73. The van der Waals surface area contributed by atoms with Gasteiger partial charge in [-0.2, -0.15) is 0 Å². The van der Waals surface area contributed by atoms with Crippen LogP contribution in [-0.2, 0) is 0 Å². The van der Waals surface area contributed by atoms with E-state index in [4.69, 9.17) is 4.74 Å². The van der Waals surface area contributed by atoms with Crippen molar-refractivity contribution in [2.75, 3.05) is 19.5 Å². The highest BCUT2D eigenvalue weighted by Crippen LogP contribution is 2.21. The molecule has 2 aromatic rings. The first-order valence-electron chi connectivity index (χ1n) is 8.81. The summed E-state index contributed by atoms with van der Waals surface area (Å²) in [6.07, 6.45) is 12.7. The highest BCUT2D eigenvalue weighted by molar-refractivity contribution is 5.71. The van der Waals surface area contributed by atoms with Gasteiger partial charge in [-0.15, -0.1) is 0 Å². The Morgan fingerprint density at radius 1 is 1.04 bits per heavy atom. The number of rotatable bonds is 6. The Morgan fingerprint density at radius 3 is 2.38 bits per heavy atom. The lowest BCUT2D eigenvalue weighted by Crippen LogP contribution is -2.35. The lowest BCUT2D eigenvalue weighted by atomic mass is 9.91. The maximum atomic E-state index is 13.3. The van der Waals surface area contributed by atoms with Crippen LogP contribution in [-0.4, -0.2) is 41.2 Å². The van der Waals surface area contributed by atoms with Crippen molar-refractivity contribution in [1.82, 2.24) is 20.3 Å². The van der Waals surface area contributed by atoms with Crippen molar-refractivity contribution in [1.29, 1.82) is 0 Å². The molecule has 0 atom stereocenters. The van der Waals surface area contributed by atoms with Gasteiger partial charge >= 0.3 is 0 Å². The number of aromatic nitrogens is 3. The third-order valence-electron chi connectivity index (χ3n) is 4.63. The molecule has 0 aromatic carbocycles. The first kappa shape index (κ1) is 18.3. The molecule has 0 spiro atoms. The quantitative estimate of drug-likeness (QED) is 0.828. The Kier molecular flexibility index (Phi) is 6.12. The molecule has 0 aliphatic heterocycles. The van der Waals surface area contributed by atoms with Gasteiger partial charge in [-0.05, 0) is 44.9 Å². The molecule has 138 valence electrons. The normalized spacial score (nSPS) is 20.3. The fraction of sp³-hybridized carbons (Fsp3) is 0.421. The van der Waals surface area contributed by atoms with Gasteiger partial charge in [-0.1, -0.05) is 6.08 Å². The minimum absolute atomic E-state index is 0.374. The molecule has 0 bridgehead atoms.